The number of hydrogen-bond acceptors (Lipinski definition) is 7. The predicted molar refractivity (Wildman–Crippen MR) is 73.3 cm³/mol. The lowest BCUT2D eigenvalue weighted by molar-refractivity contribution is -0.161. The van der Waals surface area contributed by atoms with Crippen LogP contribution in [0.1, 0.15) is 41.0 Å². The molecule has 122 valence electrons. The van der Waals surface area contributed by atoms with Crippen LogP contribution >= 0.6 is 0 Å². The standard InChI is InChI=1S/C14H24O7/c1-9(2)8-19-13(18)20-12(17)10(7-15)6-11(16)21-14(3,4)5/h9-10,15H,6-8H2,1-5H3/t10-/m1/s1. The first-order valence-corrected chi connectivity index (χ1v) is 6.76. The van der Waals surface area contributed by atoms with Gasteiger partial charge < -0.3 is 19.3 Å². The van der Waals surface area contributed by atoms with Gasteiger partial charge in [-0.3, -0.25) is 9.59 Å². The largest absolute Gasteiger partial charge is 0.516 e. The normalized spacial score (nSPS) is 12.7. The molecular formula is C14H24O7. The molecule has 0 amide bonds. The highest BCUT2D eigenvalue weighted by atomic mass is 16.7. The Morgan fingerprint density at radius 1 is 1.14 bits per heavy atom. The molecule has 0 aromatic heterocycles. The first-order valence-electron chi connectivity index (χ1n) is 6.76. The number of ether oxygens (including phenoxy) is 3. The minimum absolute atomic E-state index is 0.100. The van der Waals surface area contributed by atoms with E-state index in [9.17, 15) is 14.4 Å². The fraction of sp³-hybridized carbons (Fsp3) is 0.786. The smallest absolute Gasteiger partial charge is 0.460 e. The Balaban J connectivity index is 4.36. The Morgan fingerprint density at radius 3 is 2.14 bits per heavy atom. The SMILES string of the molecule is CC(C)COC(=O)OC(=O)[C@@H](CO)CC(=O)OC(C)(C)C. The molecule has 0 aliphatic heterocycles. The molecule has 0 aliphatic rings. The van der Waals surface area contributed by atoms with Crippen molar-refractivity contribution >= 4 is 18.1 Å². The van der Waals surface area contributed by atoms with Crippen LogP contribution in [-0.4, -0.2) is 42.0 Å². The maximum Gasteiger partial charge on any atom is 0.516 e. The minimum atomic E-state index is -1.16. The quantitative estimate of drug-likeness (QED) is 0.588. The molecule has 7 heteroatoms. The average molecular weight is 304 g/mol. The van der Waals surface area contributed by atoms with E-state index in [1.165, 1.54) is 0 Å². The number of carbonyl (C=O) groups excluding carboxylic acids is 3. The Kier molecular flexibility index (Phi) is 7.94. The summed E-state index contributed by atoms with van der Waals surface area (Å²) in [7, 11) is 0. The zero-order valence-electron chi connectivity index (χ0n) is 13.2. The molecule has 0 rings (SSSR count). The van der Waals surface area contributed by atoms with Crippen molar-refractivity contribution in [3.8, 4) is 0 Å². The van der Waals surface area contributed by atoms with E-state index < -0.39 is 36.2 Å². The van der Waals surface area contributed by atoms with Crippen LogP contribution in [0.25, 0.3) is 0 Å². The van der Waals surface area contributed by atoms with Gasteiger partial charge in [-0.2, -0.15) is 0 Å². The molecule has 0 fully saturated rings. The zero-order valence-corrected chi connectivity index (χ0v) is 13.2. The summed E-state index contributed by atoms with van der Waals surface area (Å²) >= 11 is 0. The first-order chi connectivity index (χ1) is 9.55. The zero-order chi connectivity index (χ0) is 16.6. The third-order valence-corrected chi connectivity index (χ3v) is 2.11. The monoisotopic (exact) mass is 304 g/mol. The van der Waals surface area contributed by atoms with Crippen molar-refractivity contribution in [2.75, 3.05) is 13.2 Å². The second kappa shape index (κ2) is 8.61. The topological polar surface area (TPSA) is 99.1 Å². The van der Waals surface area contributed by atoms with E-state index in [0.717, 1.165) is 0 Å². The molecule has 1 N–H and O–H groups in total. The number of esters is 2. The van der Waals surface area contributed by atoms with Crippen molar-refractivity contribution in [3.05, 3.63) is 0 Å². The van der Waals surface area contributed by atoms with E-state index in [4.69, 9.17) is 9.84 Å². The van der Waals surface area contributed by atoms with Gasteiger partial charge >= 0.3 is 18.1 Å². The molecule has 0 saturated heterocycles. The summed E-state index contributed by atoms with van der Waals surface area (Å²) in [6, 6.07) is 0. The molecule has 1 atom stereocenters. The van der Waals surface area contributed by atoms with Crippen molar-refractivity contribution < 1.29 is 33.7 Å². The van der Waals surface area contributed by atoms with Crippen LogP contribution in [-0.2, 0) is 23.8 Å². The molecule has 21 heavy (non-hydrogen) atoms. The average Bonchev–Trinajstić information content (AvgIpc) is 2.31. The third-order valence-electron chi connectivity index (χ3n) is 2.11. The molecule has 0 saturated carbocycles. The van der Waals surface area contributed by atoms with Gasteiger partial charge in [-0.05, 0) is 26.7 Å². The van der Waals surface area contributed by atoms with Crippen LogP contribution in [0, 0.1) is 11.8 Å². The van der Waals surface area contributed by atoms with Gasteiger partial charge in [0, 0.05) is 0 Å². The summed E-state index contributed by atoms with van der Waals surface area (Å²) in [5, 5.41) is 9.11. The van der Waals surface area contributed by atoms with Crippen LogP contribution in [0.5, 0.6) is 0 Å². The van der Waals surface area contributed by atoms with E-state index in [1.807, 2.05) is 13.8 Å². The van der Waals surface area contributed by atoms with Crippen LogP contribution in [0.4, 0.5) is 4.79 Å². The van der Waals surface area contributed by atoms with E-state index >= 15 is 0 Å². The predicted octanol–water partition coefficient (Wildman–Crippen LogP) is 1.66. The molecule has 0 bridgehead atoms. The summed E-state index contributed by atoms with van der Waals surface area (Å²) in [4.78, 5) is 34.4. The Morgan fingerprint density at radius 2 is 1.71 bits per heavy atom. The first kappa shape index (κ1) is 19.4. The van der Waals surface area contributed by atoms with Gasteiger partial charge in [0.05, 0.1) is 25.6 Å². The summed E-state index contributed by atoms with van der Waals surface area (Å²) < 4.78 is 14.1. The van der Waals surface area contributed by atoms with E-state index in [0.29, 0.717) is 0 Å². The lowest BCUT2D eigenvalue weighted by atomic mass is 10.1. The lowest BCUT2D eigenvalue weighted by Crippen LogP contribution is -2.30. The molecule has 0 aromatic rings. The van der Waals surface area contributed by atoms with E-state index in [2.05, 4.69) is 9.47 Å². The molecular weight excluding hydrogens is 280 g/mol. The fourth-order valence-corrected chi connectivity index (χ4v) is 1.24. The highest BCUT2D eigenvalue weighted by molar-refractivity contribution is 5.86. The summed E-state index contributed by atoms with van der Waals surface area (Å²) in [5.74, 6) is -2.74. The van der Waals surface area contributed by atoms with Gasteiger partial charge in [0.15, 0.2) is 0 Å². The molecule has 0 heterocycles. The Bertz CT molecular complexity index is 368. The lowest BCUT2D eigenvalue weighted by Gasteiger charge is -2.20. The number of rotatable bonds is 6. The van der Waals surface area contributed by atoms with Crippen LogP contribution < -0.4 is 0 Å². The van der Waals surface area contributed by atoms with Gasteiger partial charge in [-0.15, -0.1) is 0 Å². The molecule has 0 radical (unpaired) electrons. The highest BCUT2D eigenvalue weighted by Crippen LogP contribution is 2.13. The minimum Gasteiger partial charge on any atom is -0.460 e. The number of aliphatic hydroxyl groups is 1. The number of carbonyl (C=O) groups is 3. The third kappa shape index (κ3) is 9.84. The molecule has 0 unspecified atom stereocenters. The number of aliphatic hydroxyl groups excluding tert-OH is 1. The van der Waals surface area contributed by atoms with Crippen LogP contribution in [0.2, 0.25) is 0 Å². The fourth-order valence-electron chi connectivity index (χ4n) is 1.24. The highest BCUT2D eigenvalue weighted by Gasteiger charge is 2.28. The summed E-state index contributed by atoms with van der Waals surface area (Å²) in [6.07, 6.45) is -1.51. The maximum absolute atomic E-state index is 11.6. The number of hydrogen-bond donors (Lipinski definition) is 1. The summed E-state index contributed by atoms with van der Waals surface area (Å²) in [6.45, 7) is 8.18. The molecule has 7 nitrogen and oxygen atoms in total. The van der Waals surface area contributed by atoms with Crippen molar-refractivity contribution in [1.82, 2.24) is 0 Å². The Labute approximate surface area is 124 Å². The van der Waals surface area contributed by atoms with E-state index in [1.54, 1.807) is 20.8 Å². The van der Waals surface area contributed by atoms with Crippen molar-refractivity contribution in [2.24, 2.45) is 11.8 Å². The molecule has 0 spiro atoms. The van der Waals surface area contributed by atoms with Gasteiger partial charge in [-0.25, -0.2) is 4.79 Å². The summed E-state index contributed by atoms with van der Waals surface area (Å²) in [5.41, 5.74) is -0.697. The van der Waals surface area contributed by atoms with Crippen LogP contribution in [0.3, 0.4) is 0 Å². The van der Waals surface area contributed by atoms with Gasteiger partial charge in [0.1, 0.15) is 5.60 Å². The molecule has 0 aliphatic carbocycles. The van der Waals surface area contributed by atoms with E-state index in [-0.39, 0.29) is 18.9 Å². The van der Waals surface area contributed by atoms with Crippen molar-refractivity contribution in [1.29, 1.82) is 0 Å². The van der Waals surface area contributed by atoms with Crippen LogP contribution in [0.15, 0.2) is 0 Å². The van der Waals surface area contributed by atoms with Crippen molar-refractivity contribution in [3.63, 3.8) is 0 Å². The van der Waals surface area contributed by atoms with Gasteiger partial charge in [0.2, 0.25) is 0 Å². The van der Waals surface area contributed by atoms with Crippen molar-refractivity contribution in [2.45, 2.75) is 46.6 Å². The Hall–Kier alpha value is -1.63. The second-order valence-electron chi connectivity index (χ2n) is 6.05. The van der Waals surface area contributed by atoms with Gasteiger partial charge in [0.25, 0.3) is 0 Å². The maximum atomic E-state index is 11.6. The van der Waals surface area contributed by atoms with Gasteiger partial charge in [-0.1, -0.05) is 13.8 Å². The second-order valence-corrected chi connectivity index (χ2v) is 6.05. The molecule has 0 aromatic carbocycles.